The molecule has 108 valence electrons. The Labute approximate surface area is 127 Å². The number of aryl methyl sites for hydroxylation is 1. The number of hydrogen-bond donors (Lipinski definition) is 0. The number of benzene rings is 1. The molecule has 0 unspecified atom stereocenters. The van der Waals surface area contributed by atoms with E-state index >= 15 is 0 Å². The molecule has 5 nitrogen and oxygen atoms in total. The maximum Gasteiger partial charge on any atom is 0.176 e. The van der Waals surface area contributed by atoms with E-state index in [0.717, 1.165) is 33.9 Å². The average molecular weight is 290 g/mol. The SMILES string of the molecule is Cc1cnc(Cn2ccnc2-c2cc3ccccc3o2)cn1. The van der Waals surface area contributed by atoms with Crippen LogP contribution in [0.4, 0.5) is 0 Å². The molecule has 0 saturated heterocycles. The number of hydrogen-bond acceptors (Lipinski definition) is 4. The van der Waals surface area contributed by atoms with Crippen LogP contribution in [0, 0.1) is 6.92 Å². The molecular weight excluding hydrogens is 276 g/mol. The molecule has 22 heavy (non-hydrogen) atoms. The molecule has 0 saturated carbocycles. The van der Waals surface area contributed by atoms with Gasteiger partial charge < -0.3 is 8.98 Å². The third-order valence-corrected chi connectivity index (χ3v) is 3.53. The van der Waals surface area contributed by atoms with Gasteiger partial charge in [0, 0.05) is 24.0 Å². The summed E-state index contributed by atoms with van der Waals surface area (Å²) in [5, 5.41) is 1.07. The quantitative estimate of drug-likeness (QED) is 0.580. The molecule has 1 aromatic carbocycles. The van der Waals surface area contributed by atoms with Gasteiger partial charge in [0.05, 0.1) is 24.1 Å². The minimum Gasteiger partial charge on any atom is -0.453 e. The normalized spacial score (nSPS) is 11.1. The van der Waals surface area contributed by atoms with E-state index in [0.29, 0.717) is 6.54 Å². The predicted octanol–water partition coefficient (Wildman–Crippen LogP) is 3.44. The number of aromatic nitrogens is 4. The molecule has 0 bridgehead atoms. The average Bonchev–Trinajstić information content (AvgIpc) is 3.15. The monoisotopic (exact) mass is 290 g/mol. The maximum atomic E-state index is 5.89. The van der Waals surface area contributed by atoms with Crippen molar-refractivity contribution in [3.63, 3.8) is 0 Å². The summed E-state index contributed by atoms with van der Waals surface area (Å²) < 4.78 is 7.90. The van der Waals surface area contributed by atoms with Gasteiger partial charge in [0.2, 0.25) is 0 Å². The van der Waals surface area contributed by atoms with Crippen LogP contribution in [0.2, 0.25) is 0 Å². The molecule has 0 N–H and O–H groups in total. The number of imidazole rings is 1. The van der Waals surface area contributed by atoms with Crippen LogP contribution in [0.1, 0.15) is 11.4 Å². The van der Waals surface area contributed by atoms with Crippen LogP contribution in [-0.4, -0.2) is 19.5 Å². The Morgan fingerprint density at radius 3 is 2.82 bits per heavy atom. The standard InChI is InChI=1S/C17H14N4O/c1-12-9-20-14(10-19-12)11-21-7-6-18-17(21)16-8-13-4-2-3-5-15(13)22-16/h2-10H,11H2,1H3. The second-order valence-electron chi connectivity index (χ2n) is 5.18. The van der Waals surface area contributed by atoms with Crippen molar-refractivity contribution in [2.24, 2.45) is 0 Å². The molecule has 0 aliphatic carbocycles. The first kappa shape index (κ1) is 12.8. The van der Waals surface area contributed by atoms with Crippen LogP contribution in [0.25, 0.3) is 22.6 Å². The fraction of sp³-hybridized carbons (Fsp3) is 0.118. The van der Waals surface area contributed by atoms with Gasteiger partial charge in [0.15, 0.2) is 11.6 Å². The highest BCUT2D eigenvalue weighted by Crippen LogP contribution is 2.26. The van der Waals surface area contributed by atoms with Crippen molar-refractivity contribution in [1.29, 1.82) is 0 Å². The first-order valence-electron chi connectivity index (χ1n) is 7.07. The van der Waals surface area contributed by atoms with E-state index in [4.69, 9.17) is 4.42 Å². The van der Waals surface area contributed by atoms with Crippen molar-refractivity contribution < 1.29 is 4.42 Å². The molecule has 0 aliphatic heterocycles. The summed E-state index contributed by atoms with van der Waals surface area (Å²) in [6.07, 6.45) is 7.25. The molecule has 4 aromatic rings. The van der Waals surface area contributed by atoms with E-state index in [2.05, 4.69) is 15.0 Å². The van der Waals surface area contributed by atoms with Crippen LogP contribution in [-0.2, 0) is 6.54 Å². The molecule has 3 aromatic heterocycles. The topological polar surface area (TPSA) is 56.7 Å². The van der Waals surface area contributed by atoms with Gasteiger partial charge in [0.1, 0.15) is 5.58 Å². The summed E-state index contributed by atoms with van der Waals surface area (Å²) in [5.41, 5.74) is 2.66. The summed E-state index contributed by atoms with van der Waals surface area (Å²) in [5.74, 6) is 1.55. The Bertz CT molecular complexity index is 888. The molecular formula is C17H14N4O. The molecule has 0 radical (unpaired) electrons. The fourth-order valence-corrected chi connectivity index (χ4v) is 2.43. The highest BCUT2D eigenvalue weighted by atomic mass is 16.3. The zero-order valence-electron chi connectivity index (χ0n) is 12.1. The lowest BCUT2D eigenvalue weighted by Crippen LogP contribution is -2.03. The van der Waals surface area contributed by atoms with Crippen LogP contribution in [0.5, 0.6) is 0 Å². The molecule has 0 spiro atoms. The second kappa shape index (κ2) is 5.11. The fourth-order valence-electron chi connectivity index (χ4n) is 2.43. The third kappa shape index (κ3) is 2.26. The summed E-state index contributed by atoms with van der Waals surface area (Å²) in [4.78, 5) is 13.1. The van der Waals surface area contributed by atoms with Gasteiger partial charge in [0.25, 0.3) is 0 Å². The Morgan fingerprint density at radius 1 is 1.09 bits per heavy atom. The van der Waals surface area contributed by atoms with Gasteiger partial charge in [-0.15, -0.1) is 0 Å². The van der Waals surface area contributed by atoms with Crippen LogP contribution in [0.15, 0.2) is 59.5 Å². The maximum absolute atomic E-state index is 5.89. The first-order valence-corrected chi connectivity index (χ1v) is 7.07. The van der Waals surface area contributed by atoms with E-state index in [1.165, 1.54) is 0 Å². The van der Waals surface area contributed by atoms with E-state index in [1.807, 2.05) is 48.0 Å². The molecule has 0 aliphatic rings. The first-order chi connectivity index (χ1) is 10.8. The van der Waals surface area contributed by atoms with Crippen molar-refractivity contribution in [2.45, 2.75) is 13.5 Å². The van der Waals surface area contributed by atoms with Gasteiger partial charge in [-0.1, -0.05) is 18.2 Å². The van der Waals surface area contributed by atoms with Gasteiger partial charge >= 0.3 is 0 Å². The summed E-state index contributed by atoms with van der Waals surface area (Å²) in [6.45, 7) is 2.54. The lowest BCUT2D eigenvalue weighted by Gasteiger charge is -2.05. The largest absolute Gasteiger partial charge is 0.453 e. The smallest absolute Gasteiger partial charge is 0.176 e. The van der Waals surface area contributed by atoms with Gasteiger partial charge in [-0.2, -0.15) is 0 Å². The molecule has 0 amide bonds. The summed E-state index contributed by atoms with van der Waals surface area (Å²) >= 11 is 0. The summed E-state index contributed by atoms with van der Waals surface area (Å²) in [7, 11) is 0. The number of nitrogens with zero attached hydrogens (tertiary/aromatic N) is 4. The van der Waals surface area contributed by atoms with Gasteiger partial charge in [-0.05, 0) is 19.1 Å². The molecule has 3 heterocycles. The van der Waals surface area contributed by atoms with Crippen molar-refractivity contribution in [2.75, 3.05) is 0 Å². The number of furan rings is 1. The number of para-hydroxylation sites is 1. The van der Waals surface area contributed by atoms with E-state index in [1.54, 1.807) is 18.6 Å². The number of rotatable bonds is 3. The van der Waals surface area contributed by atoms with Gasteiger partial charge in [-0.3, -0.25) is 9.97 Å². The third-order valence-electron chi connectivity index (χ3n) is 3.53. The lowest BCUT2D eigenvalue weighted by atomic mass is 10.2. The van der Waals surface area contributed by atoms with Crippen molar-refractivity contribution in [1.82, 2.24) is 19.5 Å². The predicted molar refractivity (Wildman–Crippen MR) is 83.3 cm³/mol. The minimum atomic E-state index is 0.611. The zero-order chi connectivity index (χ0) is 14.9. The van der Waals surface area contributed by atoms with Crippen molar-refractivity contribution in [3.05, 3.63) is 66.5 Å². The summed E-state index contributed by atoms with van der Waals surface area (Å²) in [6, 6.07) is 9.95. The lowest BCUT2D eigenvalue weighted by molar-refractivity contribution is 0.616. The second-order valence-corrected chi connectivity index (χ2v) is 5.18. The van der Waals surface area contributed by atoms with Crippen LogP contribution >= 0.6 is 0 Å². The Kier molecular flexibility index (Phi) is 2.96. The zero-order valence-corrected chi connectivity index (χ0v) is 12.1. The van der Waals surface area contributed by atoms with Crippen LogP contribution < -0.4 is 0 Å². The van der Waals surface area contributed by atoms with Crippen molar-refractivity contribution in [3.8, 4) is 11.6 Å². The molecule has 5 heteroatoms. The van der Waals surface area contributed by atoms with E-state index in [9.17, 15) is 0 Å². The molecule has 4 rings (SSSR count). The number of fused-ring (bicyclic) bond motifs is 1. The van der Waals surface area contributed by atoms with E-state index in [-0.39, 0.29) is 0 Å². The minimum absolute atomic E-state index is 0.611. The Morgan fingerprint density at radius 2 is 2.00 bits per heavy atom. The highest BCUT2D eigenvalue weighted by molar-refractivity contribution is 5.81. The van der Waals surface area contributed by atoms with Crippen molar-refractivity contribution >= 4 is 11.0 Å². The van der Waals surface area contributed by atoms with Gasteiger partial charge in [-0.25, -0.2) is 4.98 Å². The Balaban J connectivity index is 1.71. The molecule has 0 fully saturated rings. The highest BCUT2D eigenvalue weighted by Gasteiger charge is 2.12. The van der Waals surface area contributed by atoms with Crippen LogP contribution in [0.3, 0.4) is 0 Å². The Hall–Kier alpha value is -2.95. The molecule has 0 atom stereocenters. The van der Waals surface area contributed by atoms with E-state index < -0.39 is 0 Å².